The Labute approximate surface area is 156 Å². The van der Waals surface area contributed by atoms with Crippen LogP contribution in [-0.2, 0) is 6.54 Å². The zero-order valence-corrected chi connectivity index (χ0v) is 16.4. The number of methoxy groups -OCH3 is 2. The molecule has 0 bridgehead atoms. The third-order valence-electron chi connectivity index (χ3n) is 4.33. The van der Waals surface area contributed by atoms with E-state index in [1.807, 2.05) is 55.7 Å². The molecule has 0 saturated heterocycles. The summed E-state index contributed by atoms with van der Waals surface area (Å²) >= 11 is 1.43. The van der Waals surface area contributed by atoms with Gasteiger partial charge in [-0.1, -0.05) is 29.0 Å². The molecule has 3 rings (SSSR count). The number of aryl methyl sites for hydroxylation is 3. The van der Waals surface area contributed by atoms with Crippen molar-refractivity contribution >= 4 is 27.5 Å². The molecule has 0 spiro atoms. The van der Waals surface area contributed by atoms with Gasteiger partial charge in [0.2, 0.25) is 0 Å². The van der Waals surface area contributed by atoms with Gasteiger partial charge in [-0.3, -0.25) is 4.79 Å². The minimum atomic E-state index is -0.238. The van der Waals surface area contributed by atoms with Crippen molar-refractivity contribution in [2.45, 2.75) is 27.3 Å². The summed E-state index contributed by atoms with van der Waals surface area (Å²) in [4.78, 5) is 17.9. The highest BCUT2D eigenvalue weighted by Crippen LogP contribution is 2.35. The summed E-state index contributed by atoms with van der Waals surface area (Å²) in [6, 6.07) is 9.56. The fraction of sp³-hybridized carbons (Fsp3) is 0.300. The van der Waals surface area contributed by atoms with Gasteiger partial charge >= 0.3 is 0 Å². The van der Waals surface area contributed by atoms with Crippen LogP contribution in [0.4, 0.5) is 0 Å². The third kappa shape index (κ3) is 3.12. The van der Waals surface area contributed by atoms with Crippen molar-refractivity contribution in [3.8, 4) is 11.5 Å². The van der Waals surface area contributed by atoms with E-state index in [-0.39, 0.29) is 5.91 Å². The normalized spacial score (nSPS) is 11.8. The van der Waals surface area contributed by atoms with Crippen molar-refractivity contribution < 1.29 is 14.3 Å². The zero-order valence-electron chi connectivity index (χ0n) is 15.6. The molecule has 0 fully saturated rings. The SMILES string of the molecule is CCn1c(=NC(=O)c2cc(C)ccc2C)sc2c(OC)ccc(OC)c21. The van der Waals surface area contributed by atoms with Crippen LogP contribution in [0.1, 0.15) is 28.4 Å². The number of hydrogen-bond acceptors (Lipinski definition) is 4. The number of aromatic nitrogens is 1. The van der Waals surface area contributed by atoms with Crippen LogP contribution in [0.25, 0.3) is 10.2 Å². The van der Waals surface area contributed by atoms with E-state index in [1.165, 1.54) is 11.3 Å². The van der Waals surface area contributed by atoms with Gasteiger partial charge in [-0.05, 0) is 44.5 Å². The maximum absolute atomic E-state index is 12.8. The number of carbonyl (C=O) groups excluding carboxylic acids is 1. The maximum Gasteiger partial charge on any atom is 0.279 e. The number of fused-ring (bicyclic) bond motifs is 1. The molecule has 0 aliphatic rings. The molecule has 5 nitrogen and oxygen atoms in total. The standard InChI is InChI=1S/C20H22N2O3S/c1-6-22-17-15(24-4)9-10-16(25-5)18(17)26-20(22)21-19(23)14-11-12(2)7-8-13(14)3/h7-11H,6H2,1-5H3. The average Bonchev–Trinajstić information content (AvgIpc) is 3.00. The Morgan fingerprint density at radius 1 is 1.12 bits per heavy atom. The Hall–Kier alpha value is -2.60. The zero-order chi connectivity index (χ0) is 18.8. The Balaban J connectivity index is 2.26. The molecule has 1 amide bonds. The lowest BCUT2D eigenvalue weighted by Gasteiger charge is -2.08. The summed E-state index contributed by atoms with van der Waals surface area (Å²) in [6.07, 6.45) is 0. The highest BCUT2D eigenvalue weighted by Gasteiger charge is 2.16. The number of nitrogens with zero attached hydrogens (tertiary/aromatic N) is 2. The van der Waals surface area contributed by atoms with Gasteiger partial charge in [0.15, 0.2) is 4.80 Å². The van der Waals surface area contributed by atoms with Gasteiger partial charge in [-0.2, -0.15) is 4.99 Å². The summed E-state index contributed by atoms with van der Waals surface area (Å²) < 4.78 is 13.9. The number of ether oxygens (including phenoxy) is 2. The molecule has 136 valence electrons. The topological polar surface area (TPSA) is 52.8 Å². The Morgan fingerprint density at radius 3 is 2.46 bits per heavy atom. The number of carbonyl (C=O) groups is 1. The Bertz CT molecular complexity index is 1050. The number of amides is 1. The van der Waals surface area contributed by atoms with Crippen molar-refractivity contribution in [1.82, 2.24) is 4.57 Å². The first-order chi connectivity index (χ1) is 12.5. The van der Waals surface area contributed by atoms with E-state index in [2.05, 4.69) is 4.99 Å². The maximum atomic E-state index is 12.8. The molecule has 0 aliphatic carbocycles. The highest BCUT2D eigenvalue weighted by molar-refractivity contribution is 7.16. The third-order valence-corrected chi connectivity index (χ3v) is 5.42. The molecule has 1 aromatic heterocycles. The molecule has 26 heavy (non-hydrogen) atoms. The van der Waals surface area contributed by atoms with Crippen LogP contribution in [0.5, 0.6) is 11.5 Å². The minimum Gasteiger partial charge on any atom is -0.495 e. The summed E-state index contributed by atoms with van der Waals surface area (Å²) in [5.74, 6) is 1.24. The molecular weight excluding hydrogens is 348 g/mol. The van der Waals surface area contributed by atoms with E-state index in [9.17, 15) is 4.79 Å². The van der Waals surface area contributed by atoms with Crippen LogP contribution in [-0.4, -0.2) is 24.7 Å². The Kier molecular flexibility index (Phi) is 5.13. The van der Waals surface area contributed by atoms with Crippen LogP contribution in [0.3, 0.4) is 0 Å². The van der Waals surface area contributed by atoms with Crippen molar-refractivity contribution in [3.05, 3.63) is 51.8 Å². The molecule has 2 aromatic carbocycles. The number of thiazole rings is 1. The summed E-state index contributed by atoms with van der Waals surface area (Å²) in [6.45, 7) is 6.58. The fourth-order valence-electron chi connectivity index (χ4n) is 2.95. The summed E-state index contributed by atoms with van der Waals surface area (Å²) in [7, 11) is 3.27. The first kappa shape index (κ1) is 18.2. The van der Waals surface area contributed by atoms with Gasteiger partial charge in [0.25, 0.3) is 5.91 Å². The second kappa shape index (κ2) is 7.33. The van der Waals surface area contributed by atoms with Crippen LogP contribution >= 0.6 is 11.3 Å². The van der Waals surface area contributed by atoms with Gasteiger partial charge in [0.05, 0.1) is 14.2 Å². The van der Waals surface area contributed by atoms with Crippen molar-refractivity contribution in [1.29, 1.82) is 0 Å². The number of benzene rings is 2. The van der Waals surface area contributed by atoms with Crippen LogP contribution in [0, 0.1) is 13.8 Å². The first-order valence-corrected chi connectivity index (χ1v) is 9.22. The predicted molar refractivity (Wildman–Crippen MR) is 104 cm³/mol. The van der Waals surface area contributed by atoms with Gasteiger partial charge in [0, 0.05) is 12.1 Å². The lowest BCUT2D eigenvalue weighted by Crippen LogP contribution is -2.16. The molecule has 0 aliphatic heterocycles. The van der Waals surface area contributed by atoms with E-state index in [4.69, 9.17) is 9.47 Å². The molecular formula is C20H22N2O3S. The second-order valence-corrected chi connectivity index (χ2v) is 6.99. The minimum absolute atomic E-state index is 0.238. The summed E-state index contributed by atoms with van der Waals surface area (Å²) in [5.41, 5.74) is 3.48. The molecule has 0 unspecified atom stereocenters. The van der Waals surface area contributed by atoms with E-state index >= 15 is 0 Å². The van der Waals surface area contributed by atoms with Crippen LogP contribution in [0.2, 0.25) is 0 Å². The molecule has 3 aromatic rings. The van der Waals surface area contributed by atoms with Gasteiger partial charge < -0.3 is 14.0 Å². The first-order valence-electron chi connectivity index (χ1n) is 8.40. The van der Waals surface area contributed by atoms with E-state index in [1.54, 1.807) is 14.2 Å². The Morgan fingerprint density at radius 2 is 1.81 bits per heavy atom. The highest BCUT2D eigenvalue weighted by atomic mass is 32.1. The molecule has 6 heteroatoms. The molecule has 0 saturated carbocycles. The fourth-order valence-corrected chi connectivity index (χ4v) is 4.15. The van der Waals surface area contributed by atoms with Gasteiger partial charge in [-0.25, -0.2) is 0 Å². The predicted octanol–water partition coefficient (Wildman–Crippen LogP) is 4.10. The molecule has 0 radical (unpaired) electrons. The average molecular weight is 370 g/mol. The molecule has 0 N–H and O–H groups in total. The molecule has 1 heterocycles. The van der Waals surface area contributed by atoms with Gasteiger partial charge in [0.1, 0.15) is 21.7 Å². The lowest BCUT2D eigenvalue weighted by molar-refractivity contribution is 0.0997. The summed E-state index contributed by atoms with van der Waals surface area (Å²) in [5, 5.41) is 0. The van der Waals surface area contributed by atoms with Crippen molar-refractivity contribution in [3.63, 3.8) is 0 Å². The number of hydrogen-bond donors (Lipinski definition) is 0. The largest absolute Gasteiger partial charge is 0.495 e. The van der Waals surface area contributed by atoms with E-state index in [0.29, 0.717) is 16.9 Å². The van der Waals surface area contributed by atoms with Gasteiger partial charge in [-0.15, -0.1) is 0 Å². The van der Waals surface area contributed by atoms with E-state index < -0.39 is 0 Å². The van der Waals surface area contributed by atoms with Crippen molar-refractivity contribution in [2.75, 3.05) is 14.2 Å². The molecule has 0 atom stereocenters. The monoisotopic (exact) mass is 370 g/mol. The number of rotatable bonds is 4. The smallest absolute Gasteiger partial charge is 0.279 e. The lowest BCUT2D eigenvalue weighted by atomic mass is 10.1. The van der Waals surface area contributed by atoms with Crippen LogP contribution in [0.15, 0.2) is 35.3 Å². The second-order valence-electron chi connectivity index (χ2n) is 6.01. The van der Waals surface area contributed by atoms with Crippen LogP contribution < -0.4 is 14.3 Å². The quantitative estimate of drug-likeness (QED) is 0.695. The van der Waals surface area contributed by atoms with E-state index in [0.717, 1.165) is 32.8 Å². The van der Waals surface area contributed by atoms with Crippen molar-refractivity contribution in [2.24, 2.45) is 4.99 Å².